The Bertz CT molecular complexity index is 402. The lowest BCUT2D eigenvalue weighted by molar-refractivity contribution is -0.137. The number of amides is 1. The smallest absolute Gasteiger partial charge is 0.376 e. The molecular weight excluding hydrogens is 221 g/mol. The molecule has 0 heterocycles. The minimum absolute atomic E-state index is 0.192. The van der Waals surface area contributed by atoms with Gasteiger partial charge in [-0.05, 0) is 24.6 Å². The number of benzene rings is 1. The highest BCUT2D eigenvalue weighted by molar-refractivity contribution is 5.79. The van der Waals surface area contributed by atoms with Crippen molar-refractivity contribution in [3.63, 3.8) is 0 Å². The molecule has 0 saturated carbocycles. The van der Waals surface area contributed by atoms with Gasteiger partial charge in [0.2, 0.25) is 5.91 Å². The number of rotatable bonds is 3. The topological polar surface area (TPSA) is 55.1 Å². The normalized spacial score (nSPS) is 11.2. The fraction of sp³-hybridized carbons (Fsp3) is 0.300. The second-order valence-corrected chi connectivity index (χ2v) is 3.35. The summed E-state index contributed by atoms with van der Waals surface area (Å²) in [6.07, 6.45) is -4.39. The van der Waals surface area contributed by atoms with Crippen LogP contribution in [0.2, 0.25) is 0 Å². The lowest BCUT2D eigenvalue weighted by Gasteiger charge is -2.12. The molecule has 0 unspecified atom stereocenters. The van der Waals surface area contributed by atoms with Crippen molar-refractivity contribution in [3.8, 4) is 0 Å². The van der Waals surface area contributed by atoms with Crippen LogP contribution in [0.1, 0.15) is 11.1 Å². The summed E-state index contributed by atoms with van der Waals surface area (Å²) in [7, 11) is 0. The van der Waals surface area contributed by atoms with Crippen molar-refractivity contribution in [1.82, 2.24) is 0 Å². The number of carbonyl (C=O) groups excluding carboxylic acids is 1. The third-order valence-electron chi connectivity index (χ3n) is 2.02. The van der Waals surface area contributed by atoms with E-state index in [1.165, 1.54) is 6.07 Å². The molecule has 0 spiro atoms. The van der Waals surface area contributed by atoms with Crippen LogP contribution in [0.25, 0.3) is 0 Å². The van der Waals surface area contributed by atoms with Gasteiger partial charge in [-0.2, -0.15) is 13.2 Å². The zero-order valence-electron chi connectivity index (χ0n) is 8.56. The quantitative estimate of drug-likeness (QED) is 0.836. The molecule has 0 fully saturated rings. The third kappa shape index (κ3) is 3.15. The zero-order chi connectivity index (χ0) is 12.3. The van der Waals surface area contributed by atoms with E-state index in [0.717, 1.165) is 12.1 Å². The first kappa shape index (κ1) is 12.4. The molecule has 0 aliphatic carbocycles. The van der Waals surface area contributed by atoms with Crippen LogP contribution < -0.4 is 11.1 Å². The van der Waals surface area contributed by atoms with Crippen molar-refractivity contribution in [3.05, 3.63) is 29.3 Å². The Labute approximate surface area is 90.4 Å². The first-order chi connectivity index (χ1) is 7.30. The summed E-state index contributed by atoms with van der Waals surface area (Å²) in [5.41, 5.74) is 5.01. The average Bonchev–Trinajstić information content (AvgIpc) is 2.14. The highest BCUT2D eigenvalue weighted by Gasteiger charge is 2.30. The molecule has 6 heteroatoms. The van der Waals surface area contributed by atoms with E-state index in [2.05, 4.69) is 5.32 Å². The Morgan fingerprint density at radius 2 is 2.06 bits per heavy atom. The molecule has 16 heavy (non-hydrogen) atoms. The number of carbonyl (C=O) groups is 1. The molecule has 1 amide bonds. The van der Waals surface area contributed by atoms with E-state index >= 15 is 0 Å². The number of halogens is 3. The Balaban J connectivity index is 2.95. The minimum atomic E-state index is -4.39. The van der Waals surface area contributed by atoms with Gasteiger partial charge in [-0.15, -0.1) is 0 Å². The molecule has 0 saturated heterocycles. The molecule has 3 nitrogen and oxygen atoms in total. The number of alkyl halides is 3. The van der Waals surface area contributed by atoms with Crippen LogP contribution in [-0.2, 0) is 11.0 Å². The predicted octanol–water partition coefficient (Wildman–Crippen LogP) is 1.91. The number of anilines is 1. The molecule has 1 aromatic carbocycles. The van der Waals surface area contributed by atoms with Crippen molar-refractivity contribution in [2.75, 3.05) is 11.9 Å². The van der Waals surface area contributed by atoms with Crippen LogP contribution in [0.5, 0.6) is 0 Å². The fourth-order valence-electron chi connectivity index (χ4n) is 1.17. The Hall–Kier alpha value is -1.72. The maximum atomic E-state index is 12.4. The maximum Gasteiger partial charge on any atom is 0.416 e. The monoisotopic (exact) mass is 232 g/mol. The van der Waals surface area contributed by atoms with Crippen LogP contribution >= 0.6 is 0 Å². The van der Waals surface area contributed by atoms with E-state index in [4.69, 9.17) is 5.73 Å². The van der Waals surface area contributed by atoms with Gasteiger partial charge in [0.1, 0.15) is 0 Å². The van der Waals surface area contributed by atoms with Gasteiger partial charge in [0.05, 0.1) is 12.1 Å². The average molecular weight is 232 g/mol. The van der Waals surface area contributed by atoms with Gasteiger partial charge < -0.3 is 11.1 Å². The van der Waals surface area contributed by atoms with Gasteiger partial charge in [-0.3, -0.25) is 4.79 Å². The lowest BCUT2D eigenvalue weighted by atomic mass is 10.1. The van der Waals surface area contributed by atoms with Crippen molar-refractivity contribution in [2.24, 2.45) is 5.73 Å². The van der Waals surface area contributed by atoms with Crippen LogP contribution in [0.15, 0.2) is 18.2 Å². The van der Waals surface area contributed by atoms with Gasteiger partial charge >= 0.3 is 6.18 Å². The number of nitrogens with one attached hydrogen (secondary N) is 1. The molecule has 0 bridgehead atoms. The second kappa shape index (κ2) is 4.42. The van der Waals surface area contributed by atoms with Gasteiger partial charge in [0, 0.05) is 5.69 Å². The summed E-state index contributed by atoms with van der Waals surface area (Å²) < 4.78 is 37.1. The zero-order valence-corrected chi connectivity index (χ0v) is 8.56. The highest BCUT2D eigenvalue weighted by Crippen LogP contribution is 2.31. The summed E-state index contributed by atoms with van der Waals surface area (Å²) in [5.74, 6) is -0.628. The van der Waals surface area contributed by atoms with E-state index in [1.54, 1.807) is 6.92 Å². The Morgan fingerprint density at radius 1 is 1.44 bits per heavy atom. The van der Waals surface area contributed by atoms with E-state index in [-0.39, 0.29) is 12.2 Å². The maximum absolute atomic E-state index is 12.4. The van der Waals surface area contributed by atoms with E-state index in [1.807, 2.05) is 0 Å². The Kier molecular flexibility index (Phi) is 3.41. The SMILES string of the molecule is Cc1ccc(C(F)(F)F)cc1NCC(N)=O. The summed E-state index contributed by atoms with van der Waals surface area (Å²) in [4.78, 5) is 10.5. The van der Waals surface area contributed by atoms with E-state index in [9.17, 15) is 18.0 Å². The summed E-state index contributed by atoms with van der Waals surface area (Å²) in [6, 6.07) is 3.29. The van der Waals surface area contributed by atoms with Crippen molar-refractivity contribution < 1.29 is 18.0 Å². The molecule has 1 rings (SSSR count). The number of hydrogen-bond donors (Lipinski definition) is 2. The van der Waals surface area contributed by atoms with Gasteiger partial charge in [-0.25, -0.2) is 0 Å². The first-order valence-electron chi connectivity index (χ1n) is 4.50. The highest BCUT2D eigenvalue weighted by atomic mass is 19.4. The third-order valence-corrected chi connectivity index (χ3v) is 2.02. The number of aryl methyl sites for hydroxylation is 1. The first-order valence-corrected chi connectivity index (χ1v) is 4.50. The second-order valence-electron chi connectivity index (χ2n) is 3.35. The molecule has 1 aromatic rings. The number of nitrogens with two attached hydrogens (primary N) is 1. The van der Waals surface area contributed by atoms with Crippen LogP contribution in [0, 0.1) is 6.92 Å². The molecule has 0 atom stereocenters. The molecule has 0 aromatic heterocycles. The molecule has 3 N–H and O–H groups in total. The summed E-state index contributed by atoms with van der Waals surface area (Å²) in [6.45, 7) is 1.45. The molecule has 0 aliphatic rings. The molecule has 0 radical (unpaired) electrons. The van der Waals surface area contributed by atoms with Gasteiger partial charge in [0.15, 0.2) is 0 Å². The largest absolute Gasteiger partial charge is 0.416 e. The molecular formula is C10H11F3N2O. The predicted molar refractivity (Wildman–Crippen MR) is 53.9 cm³/mol. The molecule has 88 valence electrons. The standard InChI is InChI=1S/C10H11F3N2O/c1-6-2-3-7(10(11,12)13)4-8(6)15-5-9(14)16/h2-4,15H,5H2,1H3,(H2,14,16). The van der Waals surface area contributed by atoms with Gasteiger partial charge in [-0.1, -0.05) is 6.07 Å². The van der Waals surface area contributed by atoms with Crippen LogP contribution in [0.4, 0.5) is 18.9 Å². The summed E-state index contributed by atoms with van der Waals surface area (Å²) >= 11 is 0. The fourth-order valence-corrected chi connectivity index (χ4v) is 1.17. The van der Waals surface area contributed by atoms with E-state index in [0.29, 0.717) is 5.56 Å². The van der Waals surface area contributed by atoms with Crippen molar-refractivity contribution in [1.29, 1.82) is 0 Å². The van der Waals surface area contributed by atoms with Crippen molar-refractivity contribution in [2.45, 2.75) is 13.1 Å². The van der Waals surface area contributed by atoms with E-state index < -0.39 is 17.6 Å². The minimum Gasteiger partial charge on any atom is -0.376 e. The van der Waals surface area contributed by atoms with Crippen LogP contribution in [0.3, 0.4) is 0 Å². The molecule has 0 aliphatic heterocycles. The van der Waals surface area contributed by atoms with Gasteiger partial charge in [0.25, 0.3) is 0 Å². The number of hydrogen-bond acceptors (Lipinski definition) is 2. The van der Waals surface area contributed by atoms with Crippen LogP contribution in [-0.4, -0.2) is 12.5 Å². The summed E-state index contributed by atoms with van der Waals surface area (Å²) in [5, 5.41) is 2.55. The van der Waals surface area contributed by atoms with Crippen molar-refractivity contribution >= 4 is 11.6 Å². The Morgan fingerprint density at radius 3 is 2.56 bits per heavy atom. The number of primary amides is 1. The lowest BCUT2D eigenvalue weighted by Crippen LogP contribution is -2.22.